The van der Waals surface area contributed by atoms with Crippen molar-refractivity contribution >= 4 is 0 Å². The highest BCUT2D eigenvalue weighted by Gasteiger charge is 2.39. The van der Waals surface area contributed by atoms with Gasteiger partial charge in [0.1, 0.15) is 0 Å². The first-order valence-electron chi connectivity index (χ1n) is 5.28. The lowest BCUT2D eigenvalue weighted by atomic mass is 10.1. The molecule has 7 heteroatoms. The van der Waals surface area contributed by atoms with Gasteiger partial charge in [0, 0.05) is 6.54 Å². The van der Waals surface area contributed by atoms with Crippen LogP contribution in [0, 0.1) is 0 Å². The van der Waals surface area contributed by atoms with Gasteiger partial charge in [-0.05, 0) is 24.1 Å². The number of benzene rings is 1. The summed E-state index contributed by atoms with van der Waals surface area (Å²) < 4.78 is 59.1. The summed E-state index contributed by atoms with van der Waals surface area (Å²) in [5.41, 5.74) is 0.705. The number of nitrogens with one attached hydrogen (secondary N) is 1. The molecule has 0 spiro atoms. The Labute approximate surface area is 101 Å². The first-order valence-corrected chi connectivity index (χ1v) is 5.28. The second kappa shape index (κ2) is 5.01. The molecule has 0 atom stereocenters. The van der Waals surface area contributed by atoms with E-state index < -0.39 is 12.5 Å². The third kappa shape index (κ3) is 2.84. The van der Waals surface area contributed by atoms with Gasteiger partial charge in [-0.25, -0.2) is 8.78 Å². The molecule has 0 bridgehead atoms. The van der Waals surface area contributed by atoms with Crippen molar-refractivity contribution in [1.29, 1.82) is 0 Å². The summed E-state index contributed by atoms with van der Waals surface area (Å²) in [7, 11) is 0. The van der Waals surface area contributed by atoms with Crippen LogP contribution in [-0.4, -0.2) is 25.8 Å². The molecule has 0 aliphatic carbocycles. The average Bonchev–Trinajstić information content (AvgIpc) is 2.75. The number of hydrogen-bond acceptors (Lipinski definition) is 3. The van der Waals surface area contributed by atoms with Crippen molar-refractivity contribution in [2.75, 3.05) is 13.3 Å². The predicted octanol–water partition coefficient (Wildman–Crippen LogP) is 2.41. The second-order valence-electron chi connectivity index (χ2n) is 3.79. The molecule has 0 saturated heterocycles. The van der Waals surface area contributed by atoms with E-state index in [1.807, 2.05) is 0 Å². The summed E-state index contributed by atoms with van der Waals surface area (Å²) >= 11 is 0. The average molecular weight is 265 g/mol. The summed E-state index contributed by atoms with van der Waals surface area (Å²) in [4.78, 5) is 0. The quantitative estimate of drug-likeness (QED) is 0.655. The summed E-state index contributed by atoms with van der Waals surface area (Å²) in [6.07, 6.45) is -3.52. The Morgan fingerprint density at radius 1 is 1.22 bits per heavy atom. The molecular weight excluding hydrogens is 254 g/mol. The molecule has 0 radical (unpaired) electrons. The van der Waals surface area contributed by atoms with Gasteiger partial charge in [-0.15, -0.1) is 0 Å². The fourth-order valence-corrected chi connectivity index (χ4v) is 1.55. The predicted molar refractivity (Wildman–Crippen MR) is 55.2 cm³/mol. The topological polar surface area (TPSA) is 30.5 Å². The third-order valence-corrected chi connectivity index (χ3v) is 2.49. The highest BCUT2D eigenvalue weighted by atomic mass is 19.3. The minimum absolute atomic E-state index is 0.125. The summed E-state index contributed by atoms with van der Waals surface area (Å²) in [6, 6.07) is 0.819. The van der Waals surface area contributed by atoms with Gasteiger partial charge in [0.15, 0.2) is 11.5 Å². The molecule has 1 aromatic rings. The van der Waals surface area contributed by atoms with Crippen molar-refractivity contribution in [2.24, 2.45) is 0 Å². The second-order valence-corrected chi connectivity index (χ2v) is 3.79. The standard InChI is InChI=1S/C11H11F4NO2/c12-10(13)11(14,15)16-4-3-7-1-2-8-9(5-7)18-6-17-8/h1-2,5,10,16H,3-4,6H2. The lowest BCUT2D eigenvalue weighted by Gasteiger charge is -2.16. The zero-order valence-corrected chi connectivity index (χ0v) is 9.26. The first-order chi connectivity index (χ1) is 8.49. The SMILES string of the molecule is FC(F)C(F)(F)NCCc1ccc2c(c1)OCO2. The van der Waals surface area contributed by atoms with Crippen LogP contribution in [-0.2, 0) is 6.42 Å². The Balaban J connectivity index is 1.87. The molecule has 0 amide bonds. The number of hydrogen-bond donors (Lipinski definition) is 1. The van der Waals surface area contributed by atoms with E-state index in [-0.39, 0.29) is 19.8 Å². The van der Waals surface area contributed by atoms with Gasteiger partial charge in [0.05, 0.1) is 0 Å². The molecule has 0 aromatic heterocycles. The number of rotatable bonds is 5. The maximum Gasteiger partial charge on any atom is 0.362 e. The highest BCUT2D eigenvalue weighted by Crippen LogP contribution is 2.32. The Morgan fingerprint density at radius 2 is 1.94 bits per heavy atom. The fraction of sp³-hybridized carbons (Fsp3) is 0.455. The third-order valence-electron chi connectivity index (χ3n) is 2.49. The molecule has 1 aliphatic heterocycles. The van der Waals surface area contributed by atoms with E-state index in [0.717, 1.165) is 0 Å². The van der Waals surface area contributed by atoms with Gasteiger partial charge < -0.3 is 9.47 Å². The number of alkyl halides is 4. The van der Waals surface area contributed by atoms with Gasteiger partial charge in [-0.2, -0.15) is 8.78 Å². The highest BCUT2D eigenvalue weighted by molar-refractivity contribution is 5.44. The van der Waals surface area contributed by atoms with E-state index in [9.17, 15) is 17.6 Å². The minimum atomic E-state index is -4.16. The molecule has 2 rings (SSSR count). The van der Waals surface area contributed by atoms with Crippen LogP contribution in [0.4, 0.5) is 17.6 Å². The molecule has 1 aromatic carbocycles. The van der Waals surface area contributed by atoms with Crippen LogP contribution in [0.15, 0.2) is 18.2 Å². The molecule has 0 unspecified atom stereocenters. The van der Waals surface area contributed by atoms with Gasteiger partial charge in [0.2, 0.25) is 6.79 Å². The van der Waals surface area contributed by atoms with E-state index in [1.165, 1.54) is 5.32 Å². The number of halogens is 4. The maximum atomic E-state index is 12.6. The lowest BCUT2D eigenvalue weighted by Crippen LogP contribution is -2.44. The molecule has 0 fully saturated rings. The Bertz CT molecular complexity index is 426. The van der Waals surface area contributed by atoms with Crippen molar-refractivity contribution in [1.82, 2.24) is 5.32 Å². The molecule has 1 N–H and O–H groups in total. The zero-order chi connectivity index (χ0) is 13.2. The number of ether oxygens (including phenoxy) is 2. The Kier molecular flexibility index (Phi) is 3.60. The van der Waals surface area contributed by atoms with Gasteiger partial charge >= 0.3 is 12.5 Å². The van der Waals surface area contributed by atoms with Crippen molar-refractivity contribution < 1.29 is 27.0 Å². The minimum Gasteiger partial charge on any atom is -0.454 e. The lowest BCUT2D eigenvalue weighted by molar-refractivity contribution is -0.150. The van der Waals surface area contributed by atoms with Gasteiger partial charge in [-0.3, -0.25) is 5.32 Å². The molecule has 0 saturated carbocycles. The van der Waals surface area contributed by atoms with Crippen LogP contribution in [0.25, 0.3) is 0 Å². The molecule has 18 heavy (non-hydrogen) atoms. The van der Waals surface area contributed by atoms with Crippen molar-refractivity contribution in [2.45, 2.75) is 18.9 Å². The summed E-state index contributed by atoms with van der Waals surface area (Å²) in [6.45, 7) is -0.128. The summed E-state index contributed by atoms with van der Waals surface area (Å²) in [5.74, 6) is 1.12. The summed E-state index contributed by atoms with van der Waals surface area (Å²) in [5, 5.41) is 1.52. The van der Waals surface area contributed by atoms with Crippen LogP contribution >= 0.6 is 0 Å². The van der Waals surface area contributed by atoms with Crippen molar-refractivity contribution in [3.63, 3.8) is 0 Å². The van der Waals surface area contributed by atoms with E-state index in [2.05, 4.69) is 0 Å². The molecule has 3 nitrogen and oxygen atoms in total. The van der Waals surface area contributed by atoms with E-state index in [4.69, 9.17) is 9.47 Å². The van der Waals surface area contributed by atoms with E-state index >= 15 is 0 Å². The van der Waals surface area contributed by atoms with Gasteiger partial charge in [-0.1, -0.05) is 6.07 Å². The molecule has 100 valence electrons. The largest absolute Gasteiger partial charge is 0.454 e. The van der Waals surface area contributed by atoms with E-state index in [1.54, 1.807) is 18.2 Å². The number of fused-ring (bicyclic) bond motifs is 1. The van der Waals surface area contributed by atoms with Crippen LogP contribution in [0.2, 0.25) is 0 Å². The smallest absolute Gasteiger partial charge is 0.362 e. The van der Waals surface area contributed by atoms with Crippen molar-refractivity contribution in [3.8, 4) is 11.5 Å². The normalized spacial score (nSPS) is 14.3. The molecule has 1 heterocycles. The Morgan fingerprint density at radius 3 is 2.67 bits per heavy atom. The monoisotopic (exact) mass is 265 g/mol. The van der Waals surface area contributed by atoms with Crippen LogP contribution < -0.4 is 14.8 Å². The molecular formula is C11H11F4NO2. The van der Waals surface area contributed by atoms with Crippen LogP contribution in [0.1, 0.15) is 5.56 Å². The molecule has 1 aliphatic rings. The zero-order valence-electron chi connectivity index (χ0n) is 9.26. The van der Waals surface area contributed by atoms with Crippen LogP contribution in [0.3, 0.4) is 0 Å². The van der Waals surface area contributed by atoms with Gasteiger partial charge in [0.25, 0.3) is 0 Å². The van der Waals surface area contributed by atoms with E-state index in [0.29, 0.717) is 17.1 Å². The van der Waals surface area contributed by atoms with Crippen LogP contribution in [0.5, 0.6) is 11.5 Å². The fourth-order valence-electron chi connectivity index (χ4n) is 1.55. The Hall–Kier alpha value is -1.50. The maximum absolute atomic E-state index is 12.6. The van der Waals surface area contributed by atoms with Crippen molar-refractivity contribution in [3.05, 3.63) is 23.8 Å². The first kappa shape index (κ1) is 12.9.